The summed E-state index contributed by atoms with van der Waals surface area (Å²) < 4.78 is 66.8. The molecule has 0 aliphatic carbocycles. The molecule has 0 amide bonds. The molecule has 456 valence electrons. The van der Waals surface area contributed by atoms with Crippen LogP contribution in [0, 0.1) is 0 Å². The number of unbranched alkanes of at least 4 members (excludes halogenated alkanes) is 52. The molecular formula is C70H126CaO6S2. The van der Waals surface area contributed by atoms with E-state index in [1.807, 2.05) is 12.1 Å². The van der Waals surface area contributed by atoms with Gasteiger partial charge in [-0.1, -0.05) is 372 Å². The van der Waals surface area contributed by atoms with Crippen LogP contribution < -0.4 is 0 Å². The van der Waals surface area contributed by atoms with Crippen LogP contribution in [0.1, 0.15) is 372 Å². The summed E-state index contributed by atoms with van der Waals surface area (Å²) in [6.07, 6.45) is 77.2. The smallest absolute Gasteiger partial charge is 0.744 e. The van der Waals surface area contributed by atoms with Crippen molar-refractivity contribution in [2.24, 2.45) is 0 Å². The van der Waals surface area contributed by atoms with Gasteiger partial charge in [-0.25, -0.2) is 16.8 Å². The summed E-state index contributed by atoms with van der Waals surface area (Å²) in [6.45, 7) is 4.59. The van der Waals surface area contributed by atoms with E-state index < -0.39 is 20.2 Å². The Morgan fingerprint density at radius 2 is 0.405 bits per heavy atom. The summed E-state index contributed by atoms with van der Waals surface area (Å²) in [6, 6.07) is 13.0. The first-order valence-corrected chi connectivity index (χ1v) is 37.0. The van der Waals surface area contributed by atoms with Crippen LogP contribution in [0.15, 0.2) is 58.3 Å². The number of hydrogen-bond acceptors (Lipinski definition) is 6. The molecule has 0 spiro atoms. The molecule has 0 fully saturated rings. The van der Waals surface area contributed by atoms with Crippen LogP contribution in [0.25, 0.3) is 0 Å². The largest absolute Gasteiger partial charge is 2.00 e. The fourth-order valence-corrected chi connectivity index (χ4v) is 12.4. The number of benzene rings is 2. The molecule has 0 unspecified atom stereocenters. The van der Waals surface area contributed by atoms with Crippen molar-refractivity contribution in [1.29, 1.82) is 0 Å². The Morgan fingerprint density at radius 1 is 0.253 bits per heavy atom. The van der Waals surface area contributed by atoms with Crippen LogP contribution in [-0.4, -0.2) is 63.7 Å². The molecule has 9 heteroatoms. The first-order chi connectivity index (χ1) is 38.1. The summed E-state index contributed by atoms with van der Waals surface area (Å²) in [4.78, 5) is -0.213. The summed E-state index contributed by atoms with van der Waals surface area (Å²) in [5.74, 6) is 0. The van der Waals surface area contributed by atoms with Crippen LogP contribution in [0.2, 0.25) is 0 Å². The average molecular weight is 1170 g/mol. The van der Waals surface area contributed by atoms with Gasteiger partial charge in [-0.3, -0.25) is 0 Å². The first kappa shape index (κ1) is 78.5. The minimum atomic E-state index is -4.34. The van der Waals surface area contributed by atoms with E-state index in [-0.39, 0.29) is 47.5 Å². The van der Waals surface area contributed by atoms with Crippen LogP contribution in [0.5, 0.6) is 0 Å². The zero-order chi connectivity index (χ0) is 56.6. The van der Waals surface area contributed by atoms with E-state index >= 15 is 0 Å². The third-order valence-electron chi connectivity index (χ3n) is 16.5. The molecule has 0 aliphatic rings. The molecule has 0 heterocycles. The summed E-state index contributed by atoms with van der Waals surface area (Å²) in [5, 5.41) is 0. The Hall–Kier alpha value is -0.480. The van der Waals surface area contributed by atoms with Gasteiger partial charge in [0.15, 0.2) is 0 Å². The summed E-state index contributed by atoms with van der Waals surface area (Å²) in [5.41, 5.74) is 1.90. The van der Waals surface area contributed by atoms with Crippen LogP contribution in [0.4, 0.5) is 0 Å². The number of rotatable bonds is 58. The molecule has 2 aromatic carbocycles. The zero-order valence-corrected chi connectivity index (χ0v) is 56.0. The Balaban J connectivity index is 0.00000152. The molecule has 0 N–H and O–H groups in total. The van der Waals surface area contributed by atoms with Crippen molar-refractivity contribution < 1.29 is 25.9 Å². The molecule has 2 aromatic rings. The SMILES string of the molecule is CCCCCCCCCCCCCCCCCCCCCCCCCCCCCc1cccc(S(=O)(=O)[O-])c1.CCCCCCCCCCCCCCCCCCCCCCCCCCCCCc1cccc(S(=O)(=O)[O-])c1.[Ca+2]. The minimum Gasteiger partial charge on any atom is -0.744 e. The molecule has 6 nitrogen and oxygen atoms in total. The fraction of sp³-hybridized carbons (Fsp3) is 0.829. The van der Waals surface area contributed by atoms with Crippen LogP contribution in [-0.2, 0) is 33.1 Å². The van der Waals surface area contributed by atoms with Crippen molar-refractivity contribution in [3.8, 4) is 0 Å². The van der Waals surface area contributed by atoms with E-state index in [2.05, 4.69) is 13.8 Å². The Kier molecular flexibility index (Phi) is 58.9. The number of hydrogen-bond donors (Lipinski definition) is 0. The maximum Gasteiger partial charge on any atom is 2.00 e. The van der Waals surface area contributed by atoms with Crippen molar-refractivity contribution in [3.05, 3.63) is 59.7 Å². The maximum absolute atomic E-state index is 11.1. The maximum atomic E-state index is 11.1. The third-order valence-corrected chi connectivity index (χ3v) is 18.2. The van der Waals surface area contributed by atoms with Crippen LogP contribution >= 0.6 is 0 Å². The number of aryl methyl sites for hydroxylation is 2. The van der Waals surface area contributed by atoms with Gasteiger partial charge in [0.05, 0.1) is 9.79 Å². The van der Waals surface area contributed by atoms with Crippen molar-refractivity contribution in [3.63, 3.8) is 0 Å². The van der Waals surface area contributed by atoms with Crippen molar-refractivity contribution in [2.45, 2.75) is 383 Å². The fourth-order valence-electron chi connectivity index (χ4n) is 11.4. The second kappa shape index (κ2) is 59.3. The van der Waals surface area contributed by atoms with E-state index in [9.17, 15) is 25.9 Å². The molecule has 2 rings (SSSR count). The second-order valence-corrected chi connectivity index (χ2v) is 26.8. The topological polar surface area (TPSA) is 114 Å². The Bertz CT molecular complexity index is 1660. The second-order valence-electron chi connectivity index (χ2n) is 24.1. The molecule has 0 aliphatic heterocycles. The van der Waals surface area contributed by atoms with Gasteiger partial charge in [0.1, 0.15) is 20.2 Å². The predicted molar refractivity (Wildman–Crippen MR) is 343 cm³/mol. The molecule has 0 saturated heterocycles. The van der Waals surface area contributed by atoms with Gasteiger partial charge in [0, 0.05) is 0 Å². The van der Waals surface area contributed by atoms with Gasteiger partial charge in [-0.2, -0.15) is 0 Å². The van der Waals surface area contributed by atoms with Gasteiger partial charge in [-0.15, -0.1) is 0 Å². The van der Waals surface area contributed by atoms with Crippen LogP contribution in [0.3, 0.4) is 0 Å². The Morgan fingerprint density at radius 3 is 0.557 bits per heavy atom. The molecule has 79 heavy (non-hydrogen) atoms. The predicted octanol–water partition coefficient (Wildman–Crippen LogP) is 23.0. The van der Waals surface area contributed by atoms with Gasteiger partial charge in [-0.05, 0) is 61.1 Å². The molecule has 0 atom stereocenters. The molecule has 0 saturated carbocycles. The van der Waals surface area contributed by atoms with Gasteiger partial charge in [0.2, 0.25) is 0 Å². The van der Waals surface area contributed by atoms with E-state index in [0.717, 1.165) is 36.8 Å². The monoisotopic (exact) mass is 1170 g/mol. The standard InChI is InChI=1S/2C35H64O3S.Ca/c2*1-2-3-4-5-6-7-8-9-10-11-12-13-14-15-16-17-18-19-20-21-22-23-24-25-26-27-28-30-34-31-29-32-35(33-34)39(36,37)38;/h2*29,31-33H,2-28,30H2,1H3,(H,36,37,38);/q;;+2/p-2. The Labute approximate surface area is 522 Å². The van der Waals surface area contributed by atoms with E-state index in [4.69, 9.17) is 0 Å². The molecular weight excluding hydrogens is 1040 g/mol. The van der Waals surface area contributed by atoms with Gasteiger partial charge < -0.3 is 9.11 Å². The van der Waals surface area contributed by atoms with Crippen molar-refractivity contribution >= 4 is 58.0 Å². The van der Waals surface area contributed by atoms with Gasteiger partial charge in [0.25, 0.3) is 0 Å². The summed E-state index contributed by atoms with van der Waals surface area (Å²) >= 11 is 0. The molecule has 0 bridgehead atoms. The van der Waals surface area contributed by atoms with Crippen molar-refractivity contribution in [1.82, 2.24) is 0 Å². The quantitative estimate of drug-likeness (QED) is 0.0370. The average Bonchev–Trinajstić information content (AvgIpc) is 3.43. The molecule has 0 aromatic heterocycles. The summed E-state index contributed by atoms with van der Waals surface area (Å²) in [7, 11) is -8.69. The first-order valence-electron chi connectivity index (χ1n) is 34.2. The normalized spacial score (nSPS) is 11.7. The van der Waals surface area contributed by atoms with E-state index in [0.29, 0.717) is 0 Å². The van der Waals surface area contributed by atoms with Crippen molar-refractivity contribution in [2.75, 3.05) is 0 Å². The van der Waals surface area contributed by atoms with E-state index in [1.54, 1.807) is 12.1 Å². The third kappa shape index (κ3) is 55.2. The molecule has 0 radical (unpaired) electrons. The minimum absolute atomic E-state index is 0. The van der Waals surface area contributed by atoms with Gasteiger partial charge >= 0.3 is 37.7 Å². The zero-order valence-electron chi connectivity index (χ0n) is 52.2. The van der Waals surface area contributed by atoms with E-state index in [1.165, 1.54) is 358 Å².